The predicted molar refractivity (Wildman–Crippen MR) is 135 cm³/mol. The molecule has 184 valence electrons. The number of piperazine rings is 1. The first kappa shape index (κ1) is 23.0. The summed E-state index contributed by atoms with van der Waals surface area (Å²) in [6.45, 7) is 4.87. The summed E-state index contributed by atoms with van der Waals surface area (Å²) in [6.07, 6.45) is 6.18. The zero-order valence-corrected chi connectivity index (χ0v) is 19.6. The van der Waals surface area contributed by atoms with Gasteiger partial charge in [0.1, 0.15) is 16.7 Å². The lowest BCUT2D eigenvalue weighted by molar-refractivity contribution is -0.138. The molecule has 3 N–H and O–H groups in total. The van der Waals surface area contributed by atoms with Crippen LogP contribution in [0.4, 0.5) is 23.1 Å². The van der Waals surface area contributed by atoms with Gasteiger partial charge in [0.15, 0.2) is 0 Å². The summed E-state index contributed by atoms with van der Waals surface area (Å²) >= 11 is 0. The standard InChI is InChI=1S/C24H30N8O3/c33-20(34)16-30-11-13-31(14-12-30)18-7-5-17(6-8-18)26-22-21-19(15-25-29-23(21)35)27-24(28-22)32-9-3-1-2-4-10-32/h5-8,15H,1-4,9-14,16H2,(H,29,35)(H,33,34)(H,26,27,28). The lowest BCUT2D eigenvalue weighted by Gasteiger charge is -2.35. The fraction of sp³-hybridized carbons (Fsp3) is 0.458. The summed E-state index contributed by atoms with van der Waals surface area (Å²) in [5, 5.41) is 19.1. The van der Waals surface area contributed by atoms with E-state index in [2.05, 4.69) is 30.3 Å². The molecule has 0 spiro atoms. The third kappa shape index (κ3) is 5.35. The van der Waals surface area contributed by atoms with Gasteiger partial charge in [-0.3, -0.25) is 14.5 Å². The fourth-order valence-electron chi connectivity index (χ4n) is 4.74. The molecule has 0 unspecified atom stereocenters. The number of hydrogen-bond donors (Lipinski definition) is 3. The number of nitrogens with zero attached hydrogens (tertiary/aromatic N) is 6. The first-order valence-electron chi connectivity index (χ1n) is 12.1. The molecule has 11 heteroatoms. The van der Waals surface area contributed by atoms with Gasteiger partial charge < -0.3 is 20.2 Å². The first-order chi connectivity index (χ1) is 17.1. The molecular formula is C24H30N8O3. The van der Waals surface area contributed by atoms with Crippen molar-refractivity contribution in [2.45, 2.75) is 25.7 Å². The van der Waals surface area contributed by atoms with E-state index in [1.54, 1.807) is 6.20 Å². The van der Waals surface area contributed by atoms with Gasteiger partial charge in [-0.15, -0.1) is 0 Å². The Morgan fingerprint density at radius 3 is 2.34 bits per heavy atom. The minimum Gasteiger partial charge on any atom is -0.480 e. The molecule has 2 fully saturated rings. The number of hydrogen-bond acceptors (Lipinski definition) is 9. The van der Waals surface area contributed by atoms with Crippen molar-refractivity contribution >= 4 is 40.0 Å². The molecular weight excluding hydrogens is 448 g/mol. The van der Waals surface area contributed by atoms with Crippen LogP contribution < -0.4 is 20.7 Å². The van der Waals surface area contributed by atoms with Gasteiger partial charge in [0.2, 0.25) is 5.95 Å². The zero-order valence-electron chi connectivity index (χ0n) is 19.6. The van der Waals surface area contributed by atoms with Gasteiger partial charge in [-0.2, -0.15) is 10.1 Å². The highest BCUT2D eigenvalue weighted by Crippen LogP contribution is 2.26. The van der Waals surface area contributed by atoms with E-state index in [4.69, 9.17) is 10.1 Å². The quantitative estimate of drug-likeness (QED) is 0.484. The molecule has 3 aromatic rings. The maximum Gasteiger partial charge on any atom is 0.317 e. The van der Waals surface area contributed by atoms with Crippen LogP contribution in [-0.4, -0.2) is 82.0 Å². The van der Waals surface area contributed by atoms with Crippen molar-refractivity contribution in [1.82, 2.24) is 25.1 Å². The highest BCUT2D eigenvalue weighted by Gasteiger charge is 2.20. The Kier molecular flexibility index (Phi) is 6.75. The Balaban J connectivity index is 1.36. The minimum atomic E-state index is -0.792. The monoisotopic (exact) mass is 478 g/mol. The van der Waals surface area contributed by atoms with Gasteiger partial charge in [-0.25, -0.2) is 10.1 Å². The van der Waals surface area contributed by atoms with E-state index in [-0.39, 0.29) is 12.1 Å². The summed E-state index contributed by atoms with van der Waals surface area (Å²) in [6, 6.07) is 7.99. The van der Waals surface area contributed by atoms with Crippen LogP contribution in [0.2, 0.25) is 0 Å². The fourth-order valence-corrected chi connectivity index (χ4v) is 4.74. The third-order valence-electron chi connectivity index (χ3n) is 6.62. The number of carboxylic acids is 1. The average Bonchev–Trinajstić information content (AvgIpc) is 3.14. The van der Waals surface area contributed by atoms with Gasteiger partial charge in [-0.1, -0.05) is 12.8 Å². The molecule has 2 saturated heterocycles. The second-order valence-electron chi connectivity index (χ2n) is 9.06. The Morgan fingerprint density at radius 1 is 0.943 bits per heavy atom. The highest BCUT2D eigenvalue weighted by atomic mass is 16.4. The Morgan fingerprint density at radius 2 is 1.66 bits per heavy atom. The number of fused-ring (bicyclic) bond motifs is 1. The maximum absolute atomic E-state index is 12.6. The van der Waals surface area contributed by atoms with Crippen LogP contribution in [0.3, 0.4) is 0 Å². The number of aliphatic carboxylic acids is 1. The molecule has 2 aliphatic rings. The van der Waals surface area contributed by atoms with Crippen LogP contribution in [-0.2, 0) is 4.79 Å². The highest BCUT2D eigenvalue weighted by molar-refractivity contribution is 5.90. The van der Waals surface area contributed by atoms with E-state index >= 15 is 0 Å². The summed E-state index contributed by atoms with van der Waals surface area (Å²) in [7, 11) is 0. The SMILES string of the molecule is O=C(O)CN1CCN(c2ccc(Nc3nc(N4CCCCCC4)nc4cn[nH]c(=O)c34)cc2)CC1. The number of aromatic amines is 1. The predicted octanol–water partition coefficient (Wildman–Crippen LogP) is 2.04. The second kappa shape index (κ2) is 10.3. The largest absolute Gasteiger partial charge is 0.480 e. The molecule has 35 heavy (non-hydrogen) atoms. The van der Waals surface area contributed by atoms with Crippen molar-refractivity contribution < 1.29 is 9.90 Å². The molecule has 0 atom stereocenters. The lowest BCUT2D eigenvalue weighted by Crippen LogP contribution is -2.47. The normalized spacial score (nSPS) is 17.4. The molecule has 0 bridgehead atoms. The average molecular weight is 479 g/mol. The molecule has 2 aliphatic heterocycles. The van der Waals surface area contributed by atoms with Crippen molar-refractivity contribution in [2.24, 2.45) is 0 Å². The number of aromatic nitrogens is 4. The Bertz CT molecular complexity index is 1230. The third-order valence-corrected chi connectivity index (χ3v) is 6.62. The van der Waals surface area contributed by atoms with Crippen molar-refractivity contribution in [3.05, 3.63) is 40.8 Å². The molecule has 5 rings (SSSR count). The van der Waals surface area contributed by atoms with Gasteiger partial charge in [0.05, 0.1) is 12.7 Å². The van der Waals surface area contributed by atoms with Crippen molar-refractivity contribution in [3.8, 4) is 0 Å². The van der Waals surface area contributed by atoms with Crippen molar-refractivity contribution in [2.75, 3.05) is 60.9 Å². The van der Waals surface area contributed by atoms with Gasteiger partial charge in [-0.05, 0) is 37.1 Å². The summed E-state index contributed by atoms with van der Waals surface area (Å²) < 4.78 is 0. The Labute approximate surface area is 202 Å². The number of anilines is 4. The van der Waals surface area contributed by atoms with E-state index in [1.165, 1.54) is 12.8 Å². The van der Waals surface area contributed by atoms with Crippen LogP contribution in [0.25, 0.3) is 10.9 Å². The Hall–Kier alpha value is -3.73. The number of carbonyl (C=O) groups is 1. The molecule has 11 nitrogen and oxygen atoms in total. The molecule has 1 aromatic carbocycles. The lowest BCUT2D eigenvalue weighted by atomic mass is 10.2. The topological polar surface area (TPSA) is 131 Å². The van der Waals surface area contributed by atoms with E-state index in [0.717, 1.165) is 63.5 Å². The minimum absolute atomic E-state index is 0.0810. The molecule has 0 aliphatic carbocycles. The maximum atomic E-state index is 12.6. The van der Waals surface area contributed by atoms with E-state index in [1.807, 2.05) is 29.2 Å². The number of nitrogens with one attached hydrogen (secondary N) is 2. The number of H-pyrrole nitrogens is 1. The van der Waals surface area contributed by atoms with Crippen LogP contribution in [0, 0.1) is 0 Å². The molecule has 0 radical (unpaired) electrons. The number of rotatable bonds is 6. The van der Waals surface area contributed by atoms with Gasteiger partial charge >= 0.3 is 5.97 Å². The first-order valence-corrected chi connectivity index (χ1v) is 12.1. The second-order valence-corrected chi connectivity index (χ2v) is 9.06. The van der Waals surface area contributed by atoms with Gasteiger partial charge in [0.25, 0.3) is 5.56 Å². The van der Waals surface area contributed by atoms with Crippen LogP contribution in [0.15, 0.2) is 35.3 Å². The van der Waals surface area contributed by atoms with Crippen molar-refractivity contribution in [3.63, 3.8) is 0 Å². The summed E-state index contributed by atoms with van der Waals surface area (Å²) in [5.41, 5.74) is 2.08. The molecule has 4 heterocycles. The number of benzene rings is 1. The zero-order chi connectivity index (χ0) is 24.2. The van der Waals surface area contributed by atoms with Crippen molar-refractivity contribution in [1.29, 1.82) is 0 Å². The molecule has 0 saturated carbocycles. The van der Waals surface area contributed by atoms with E-state index in [0.29, 0.717) is 22.7 Å². The summed E-state index contributed by atoms with van der Waals surface area (Å²) in [5.74, 6) is 0.290. The van der Waals surface area contributed by atoms with Gasteiger partial charge in [0, 0.05) is 50.6 Å². The smallest absolute Gasteiger partial charge is 0.317 e. The van der Waals surface area contributed by atoms with Crippen LogP contribution >= 0.6 is 0 Å². The van der Waals surface area contributed by atoms with E-state index < -0.39 is 5.97 Å². The molecule has 2 aromatic heterocycles. The van der Waals surface area contributed by atoms with Crippen LogP contribution in [0.1, 0.15) is 25.7 Å². The summed E-state index contributed by atoms with van der Waals surface area (Å²) in [4.78, 5) is 39.3. The van der Waals surface area contributed by atoms with E-state index in [9.17, 15) is 9.59 Å². The number of carboxylic acid groups (broad SMARTS) is 1. The molecule has 0 amide bonds. The van der Waals surface area contributed by atoms with Crippen LogP contribution in [0.5, 0.6) is 0 Å².